The molecule has 1 heterocycles. The highest BCUT2D eigenvalue weighted by atomic mass is 32.2. The third kappa shape index (κ3) is 4.46. The van der Waals surface area contributed by atoms with Gasteiger partial charge in [0.15, 0.2) is 0 Å². The molecule has 140 valence electrons. The quantitative estimate of drug-likeness (QED) is 0.379. The standard InChI is InChI=1S/C14H20N2O7S2/c1-23-14(17)9-10-24(19,20)12-7-8-13(16(18)15-12)25(21,22)11-5-3-2-4-6-11/h7-8,11H,2-6,9-10H2,1H3. The largest absolute Gasteiger partial charge is 0.593 e. The molecule has 1 aliphatic rings. The number of aromatic nitrogens is 2. The topological polar surface area (TPSA) is 134 Å². The van der Waals surface area contributed by atoms with Gasteiger partial charge in [-0.2, -0.15) is 0 Å². The molecule has 1 aliphatic carbocycles. The Morgan fingerprint density at radius 3 is 2.44 bits per heavy atom. The molecule has 1 aromatic heterocycles. The number of rotatable bonds is 6. The number of nitrogens with zero attached hydrogens (tertiary/aromatic N) is 2. The predicted octanol–water partition coefficient (Wildman–Crippen LogP) is 0.158. The van der Waals surface area contributed by atoms with Crippen molar-refractivity contribution in [1.82, 2.24) is 5.10 Å². The molecule has 0 aliphatic heterocycles. The van der Waals surface area contributed by atoms with Crippen molar-refractivity contribution in [2.75, 3.05) is 12.9 Å². The molecule has 0 bridgehead atoms. The summed E-state index contributed by atoms with van der Waals surface area (Å²) < 4.78 is 53.7. The van der Waals surface area contributed by atoms with Gasteiger partial charge in [0.2, 0.25) is 24.7 Å². The van der Waals surface area contributed by atoms with Crippen molar-refractivity contribution in [3.63, 3.8) is 0 Å². The zero-order valence-corrected chi connectivity index (χ0v) is 15.4. The molecule has 11 heteroatoms. The number of sulfone groups is 2. The molecule has 1 saturated carbocycles. The van der Waals surface area contributed by atoms with Crippen LogP contribution in [0.1, 0.15) is 38.5 Å². The molecular formula is C14H20N2O7S2. The smallest absolute Gasteiger partial charge is 0.335 e. The van der Waals surface area contributed by atoms with E-state index in [-0.39, 0.29) is 11.3 Å². The van der Waals surface area contributed by atoms with E-state index in [4.69, 9.17) is 0 Å². The fourth-order valence-electron chi connectivity index (χ4n) is 2.72. The van der Waals surface area contributed by atoms with Crippen LogP contribution in [-0.4, -0.2) is 46.0 Å². The van der Waals surface area contributed by atoms with Gasteiger partial charge in [0.1, 0.15) is 0 Å². The van der Waals surface area contributed by atoms with E-state index in [1.807, 2.05) is 0 Å². The van der Waals surface area contributed by atoms with Crippen LogP contribution in [0, 0.1) is 5.21 Å². The number of methoxy groups -OCH3 is 1. The summed E-state index contributed by atoms with van der Waals surface area (Å²) in [7, 11) is -6.74. The van der Waals surface area contributed by atoms with E-state index in [2.05, 4.69) is 9.84 Å². The van der Waals surface area contributed by atoms with Crippen molar-refractivity contribution in [3.8, 4) is 0 Å². The van der Waals surface area contributed by atoms with Crippen LogP contribution in [0.25, 0.3) is 0 Å². The van der Waals surface area contributed by atoms with Crippen molar-refractivity contribution in [2.24, 2.45) is 0 Å². The summed E-state index contributed by atoms with van der Waals surface area (Å²) in [6.45, 7) is 0. The summed E-state index contributed by atoms with van der Waals surface area (Å²) in [6, 6.07) is 1.95. The maximum absolute atomic E-state index is 12.6. The molecule has 0 spiro atoms. The van der Waals surface area contributed by atoms with Crippen molar-refractivity contribution < 1.29 is 31.2 Å². The third-order valence-corrected chi connectivity index (χ3v) is 7.97. The Balaban J connectivity index is 2.27. The number of esters is 1. The summed E-state index contributed by atoms with van der Waals surface area (Å²) in [5.41, 5.74) is 0. The number of carbonyl (C=O) groups excluding carboxylic acids is 1. The highest BCUT2D eigenvalue weighted by molar-refractivity contribution is 7.92. The molecule has 0 unspecified atom stereocenters. The lowest BCUT2D eigenvalue weighted by Crippen LogP contribution is -2.42. The minimum Gasteiger partial charge on any atom is -0.593 e. The van der Waals surface area contributed by atoms with Gasteiger partial charge in [-0.3, -0.25) is 4.79 Å². The maximum atomic E-state index is 12.6. The van der Waals surface area contributed by atoms with Gasteiger partial charge < -0.3 is 9.94 Å². The second-order valence-electron chi connectivity index (χ2n) is 5.83. The molecule has 25 heavy (non-hydrogen) atoms. The van der Waals surface area contributed by atoms with Gasteiger partial charge in [0, 0.05) is 11.2 Å². The summed E-state index contributed by atoms with van der Waals surface area (Å²) in [4.78, 5) is 10.9. The first-order valence-corrected chi connectivity index (χ1v) is 11.0. The van der Waals surface area contributed by atoms with Gasteiger partial charge >= 0.3 is 11.0 Å². The minimum atomic E-state index is -4.00. The lowest BCUT2D eigenvalue weighted by atomic mass is 10.0. The van der Waals surface area contributed by atoms with Gasteiger partial charge in [-0.25, -0.2) is 16.8 Å². The van der Waals surface area contributed by atoms with Crippen molar-refractivity contribution >= 4 is 25.6 Å². The van der Waals surface area contributed by atoms with E-state index in [9.17, 15) is 26.8 Å². The molecule has 1 aromatic rings. The van der Waals surface area contributed by atoms with E-state index in [0.717, 1.165) is 38.5 Å². The summed E-state index contributed by atoms with van der Waals surface area (Å²) in [5.74, 6) is -1.29. The lowest BCUT2D eigenvalue weighted by molar-refractivity contribution is -0.711. The molecule has 0 aromatic carbocycles. The zero-order valence-electron chi connectivity index (χ0n) is 13.8. The summed E-state index contributed by atoms with van der Waals surface area (Å²) >= 11 is 0. The van der Waals surface area contributed by atoms with E-state index in [1.54, 1.807) is 0 Å². The Kier molecular flexibility index (Phi) is 5.99. The van der Waals surface area contributed by atoms with Crippen LogP contribution in [0.4, 0.5) is 0 Å². The highest BCUT2D eigenvalue weighted by Crippen LogP contribution is 2.27. The molecule has 0 N–H and O–H groups in total. The molecule has 0 saturated heterocycles. The molecular weight excluding hydrogens is 372 g/mol. The number of carbonyl (C=O) groups is 1. The Morgan fingerprint density at radius 1 is 1.24 bits per heavy atom. The third-order valence-electron chi connectivity index (χ3n) is 4.15. The van der Waals surface area contributed by atoms with E-state index < -0.39 is 46.7 Å². The van der Waals surface area contributed by atoms with Crippen molar-refractivity contribution in [1.29, 1.82) is 0 Å². The van der Waals surface area contributed by atoms with Crippen LogP contribution in [0.15, 0.2) is 22.2 Å². The molecule has 0 radical (unpaired) electrons. The number of hydrogen-bond donors (Lipinski definition) is 0. The zero-order chi connectivity index (χ0) is 18.7. The normalized spacial score (nSPS) is 16.5. The first-order valence-electron chi connectivity index (χ1n) is 7.83. The highest BCUT2D eigenvalue weighted by Gasteiger charge is 2.36. The van der Waals surface area contributed by atoms with E-state index in [0.29, 0.717) is 12.8 Å². The van der Waals surface area contributed by atoms with E-state index >= 15 is 0 Å². The average Bonchev–Trinajstić information content (AvgIpc) is 2.60. The molecule has 0 atom stereocenters. The van der Waals surface area contributed by atoms with Crippen LogP contribution in [0.3, 0.4) is 0 Å². The first-order chi connectivity index (χ1) is 11.7. The van der Waals surface area contributed by atoms with Gasteiger partial charge in [-0.1, -0.05) is 19.3 Å². The lowest BCUT2D eigenvalue weighted by Gasteiger charge is -2.20. The van der Waals surface area contributed by atoms with Gasteiger partial charge in [0.05, 0.1) is 24.5 Å². The summed E-state index contributed by atoms with van der Waals surface area (Å²) in [6.07, 6.45) is 3.07. The SMILES string of the molecule is COC(=O)CCS(=O)(=O)c1ccc(S(=O)(=O)C2CCCCC2)[n+]([O-])n1. The van der Waals surface area contributed by atoms with E-state index in [1.165, 1.54) is 0 Å². The van der Waals surface area contributed by atoms with Crippen LogP contribution in [0.5, 0.6) is 0 Å². The van der Waals surface area contributed by atoms with Crippen LogP contribution in [-0.2, 0) is 29.2 Å². The molecule has 2 rings (SSSR count). The van der Waals surface area contributed by atoms with Gasteiger partial charge in [-0.05, 0) is 23.8 Å². The maximum Gasteiger partial charge on any atom is 0.335 e. The van der Waals surface area contributed by atoms with Crippen LogP contribution < -0.4 is 4.85 Å². The molecule has 1 fully saturated rings. The molecule has 9 nitrogen and oxygen atoms in total. The number of ether oxygens (including phenoxy) is 1. The second kappa shape index (κ2) is 7.65. The first kappa shape index (κ1) is 19.6. The number of hydrogen-bond acceptors (Lipinski definition) is 8. The van der Waals surface area contributed by atoms with Crippen molar-refractivity contribution in [2.45, 2.75) is 53.8 Å². The Morgan fingerprint density at radius 2 is 1.88 bits per heavy atom. The fraction of sp³-hybridized carbons (Fsp3) is 0.643. The minimum absolute atomic E-state index is 0.158. The molecule has 0 amide bonds. The van der Waals surface area contributed by atoms with Gasteiger partial charge in [0.25, 0.3) is 0 Å². The van der Waals surface area contributed by atoms with Gasteiger partial charge in [-0.15, -0.1) is 0 Å². The Hall–Kier alpha value is -1.75. The monoisotopic (exact) mass is 392 g/mol. The van der Waals surface area contributed by atoms with Crippen LogP contribution in [0.2, 0.25) is 0 Å². The fourth-order valence-corrected chi connectivity index (χ4v) is 5.65. The Bertz CT molecular complexity index is 844. The average molecular weight is 392 g/mol. The second-order valence-corrected chi connectivity index (χ2v) is 10.1. The van der Waals surface area contributed by atoms with Crippen molar-refractivity contribution in [3.05, 3.63) is 17.3 Å². The Labute approximate surface area is 146 Å². The summed E-state index contributed by atoms with van der Waals surface area (Å²) in [5, 5.41) is 13.6. The van der Waals surface area contributed by atoms with Crippen LogP contribution >= 0.6 is 0 Å². The predicted molar refractivity (Wildman–Crippen MR) is 85.9 cm³/mol.